The van der Waals surface area contributed by atoms with Gasteiger partial charge in [0.2, 0.25) is 0 Å². The van der Waals surface area contributed by atoms with Crippen LogP contribution in [0.1, 0.15) is 18.7 Å². The zero-order chi connectivity index (χ0) is 13.8. The molecule has 1 heterocycles. The predicted octanol–water partition coefficient (Wildman–Crippen LogP) is 3.63. The van der Waals surface area contributed by atoms with Crippen LogP contribution in [0.3, 0.4) is 0 Å². The summed E-state index contributed by atoms with van der Waals surface area (Å²) in [5, 5.41) is 14.4. The highest BCUT2D eigenvalue weighted by Gasteiger charge is 2.17. The number of aliphatic hydroxyl groups excluding tert-OH is 1. The van der Waals surface area contributed by atoms with Crippen molar-refractivity contribution in [2.24, 2.45) is 0 Å². The molecule has 0 radical (unpaired) electrons. The molecule has 0 spiro atoms. The van der Waals surface area contributed by atoms with E-state index in [4.69, 9.17) is 0 Å². The third-order valence-corrected chi connectivity index (χ3v) is 4.37. The van der Waals surface area contributed by atoms with Gasteiger partial charge in [-0.3, -0.25) is 4.68 Å². The minimum Gasteiger partial charge on any atom is -0.386 e. The van der Waals surface area contributed by atoms with Crippen LogP contribution >= 0.6 is 27.7 Å². The molecular formula is C13H14BrFN2OS. The molecule has 1 atom stereocenters. The van der Waals surface area contributed by atoms with E-state index in [2.05, 4.69) is 21.0 Å². The normalized spacial score (nSPS) is 12.6. The summed E-state index contributed by atoms with van der Waals surface area (Å²) in [5.74, 6) is 0.243. The van der Waals surface area contributed by atoms with Crippen molar-refractivity contribution >= 4 is 27.7 Å². The van der Waals surface area contributed by atoms with E-state index >= 15 is 0 Å². The maximum Gasteiger partial charge on any atom is 0.123 e. The second-order valence-corrected chi connectivity index (χ2v) is 5.92. The molecule has 1 aromatic carbocycles. The molecule has 1 unspecified atom stereocenters. The van der Waals surface area contributed by atoms with Crippen molar-refractivity contribution in [3.05, 3.63) is 46.4 Å². The highest BCUT2D eigenvalue weighted by Crippen LogP contribution is 2.29. The summed E-state index contributed by atoms with van der Waals surface area (Å²) in [6.45, 7) is 2.68. The van der Waals surface area contributed by atoms with E-state index < -0.39 is 6.10 Å². The lowest BCUT2D eigenvalue weighted by molar-refractivity contribution is 0.191. The van der Waals surface area contributed by atoms with E-state index in [-0.39, 0.29) is 5.82 Å². The van der Waals surface area contributed by atoms with E-state index in [1.807, 2.05) is 6.92 Å². The number of aromatic nitrogens is 2. The Morgan fingerprint density at radius 1 is 1.42 bits per heavy atom. The molecular weight excluding hydrogens is 331 g/mol. The van der Waals surface area contributed by atoms with Gasteiger partial charge in [-0.05, 0) is 47.1 Å². The molecule has 1 N–H and O–H groups in total. The summed E-state index contributed by atoms with van der Waals surface area (Å²) in [5.41, 5.74) is 0.775. The molecule has 2 rings (SSSR count). The fourth-order valence-electron chi connectivity index (χ4n) is 1.74. The number of nitrogens with zero attached hydrogens (tertiary/aromatic N) is 2. The lowest BCUT2D eigenvalue weighted by Crippen LogP contribution is -2.10. The fraction of sp³-hybridized carbons (Fsp3) is 0.308. The third kappa shape index (κ3) is 3.58. The first-order valence-corrected chi connectivity index (χ1v) is 7.67. The zero-order valence-corrected chi connectivity index (χ0v) is 12.8. The molecule has 2 aromatic rings. The summed E-state index contributed by atoms with van der Waals surface area (Å²) in [6, 6.07) is 6.25. The quantitative estimate of drug-likeness (QED) is 0.841. The maximum atomic E-state index is 12.8. The number of aliphatic hydroxyl groups is 1. The number of aryl methyl sites for hydroxylation is 1. The number of halogens is 2. The molecule has 0 fully saturated rings. The van der Waals surface area contributed by atoms with Crippen molar-refractivity contribution < 1.29 is 9.50 Å². The number of hydrogen-bond donors (Lipinski definition) is 1. The summed E-state index contributed by atoms with van der Waals surface area (Å²) in [4.78, 5) is 0.930. The van der Waals surface area contributed by atoms with Gasteiger partial charge in [0.25, 0.3) is 0 Å². The average Bonchev–Trinajstić information content (AvgIpc) is 2.79. The van der Waals surface area contributed by atoms with E-state index in [9.17, 15) is 9.50 Å². The van der Waals surface area contributed by atoms with Gasteiger partial charge in [0.15, 0.2) is 0 Å². The molecule has 0 aliphatic heterocycles. The predicted molar refractivity (Wildman–Crippen MR) is 77.7 cm³/mol. The van der Waals surface area contributed by atoms with Crippen LogP contribution in [0.25, 0.3) is 0 Å². The van der Waals surface area contributed by atoms with Crippen LogP contribution in [-0.2, 0) is 6.54 Å². The summed E-state index contributed by atoms with van der Waals surface area (Å²) in [6.07, 6.45) is 1.07. The first-order chi connectivity index (χ1) is 9.11. The van der Waals surface area contributed by atoms with Gasteiger partial charge < -0.3 is 5.11 Å². The van der Waals surface area contributed by atoms with Crippen molar-refractivity contribution in [2.75, 3.05) is 5.75 Å². The van der Waals surface area contributed by atoms with Gasteiger partial charge in [-0.1, -0.05) is 0 Å². The van der Waals surface area contributed by atoms with Crippen molar-refractivity contribution in [3.8, 4) is 0 Å². The summed E-state index contributed by atoms with van der Waals surface area (Å²) >= 11 is 4.88. The molecule has 0 aliphatic carbocycles. The molecule has 102 valence electrons. The number of thioether (sulfide) groups is 1. The topological polar surface area (TPSA) is 38.0 Å². The van der Waals surface area contributed by atoms with Gasteiger partial charge in [-0.15, -0.1) is 11.8 Å². The van der Waals surface area contributed by atoms with Crippen LogP contribution in [0.15, 0.2) is 39.8 Å². The first-order valence-electron chi connectivity index (χ1n) is 5.89. The third-order valence-electron chi connectivity index (χ3n) is 2.67. The van der Waals surface area contributed by atoms with Crippen LogP contribution in [0.2, 0.25) is 0 Å². The second kappa shape index (κ2) is 6.54. The monoisotopic (exact) mass is 344 g/mol. The van der Waals surface area contributed by atoms with Gasteiger partial charge in [-0.25, -0.2) is 4.39 Å². The van der Waals surface area contributed by atoms with Gasteiger partial charge in [0.05, 0.1) is 16.4 Å². The largest absolute Gasteiger partial charge is 0.386 e. The Bertz CT molecular complexity index is 544. The highest BCUT2D eigenvalue weighted by molar-refractivity contribution is 9.10. The van der Waals surface area contributed by atoms with Gasteiger partial charge >= 0.3 is 0 Å². The van der Waals surface area contributed by atoms with E-state index in [0.29, 0.717) is 12.3 Å². The van der Waals surface area contributed by atoms with Gasteiger partial charge in [-0.2, -0.15) is 5.10 Å². The Morgan fingerprint density at radius 2 is 2.11 bits per heavy atom. The summed E-state index contributed by atoms with van der Waals surface area (Å²) < 4.78 is 15.4. The van der Waals surface area contributed by atoms with Gasteiger partial charge in [0.1, 0.15) is 11.9 Å². The molecule has 0 saturated heterocycles. The van der Waals surface area contributed by atoms with E-state index in [1.165, 1.54) is 23.9 Å². The SMILES string of the molecule is CCn1ncc(Br)c1C(O)CSc1ccc(F)cc1. The zero-order valence-electron chi connectivity index (χ0n) is 10.4. The standard InChI is InChI=1S/C13H14BrFN2OS/c1-2-17-13(11(14)7-16-17)12(18)8-19-10-5-3-9(15)4-6-10/h3-7,12,18H,2,8H2,1H3. The summed E-state index contributed by atoms with van der Waals surface area (Å²) in [7, 11) is 0. The molecule has 0 aliphatic rings. The Kier molecular flexibility index (Phi) is 5.01. The fourth-order valence-corrected chi connectivity index (χ4v) is 3.14. The van der Waals surface area contributed by atoms with Crippen molar-refractivity contribution in [1.82, 2.24) is 9.78 Å². The molecule has 0 saturated carbocycles. The van der Waals surface area contributed by atoms with Crippen LogP contribution in [0.5, 0.6) is 0 Å². The smallest absolute Gasteiger partial charge is 0.123 e. The van der Waals surface area contributed by atoms with Gasteiger partial charge in [0, 0.05) is 17.2 Å². The van der Waals surface area contributed by atoms with Crippen LogP contribution in [-0.4, -0.2) is 20.6 Å². The lowest BCUT2D eigenvalue weighted by Gasteiger charge is -2.13. The number of benzene rings is 1. The average molecular weight is 345 g/mol. The maximum absolute atomic E-state index is 12.8. The van der Waals surface area contributed by atoms with Crippen molar-refractivity contribution in [2.45, 2.75) is 24.5 Å². The second-order valence-electron chi connectivity index (χ2n) is 3.97. The molecule has 1 aromatic heterocycles. The first kappa shape index (κ1) is 14.6. The van der Waals surface area contributed by atoms with Crippen LogP contribution in [0, 0.1) is 5.82 Å². The molecule has 3 nitrogen and oxygen atoms in total. The molecule has 19 heavy (non-hydrogen) atoms. The Hall–Kier alpha value is -0.850. The Labute approximate surface area is 124 Å². The molecule has 0 amide bonds. The van der Waals surface area contributed by atoms with E-state index in [0.717, 1.165) is 15.1 Å². The Balaban J connectivity index is 2.03. The van der Waals surface area contributed by atoms with Crippen molar-refractivity contribution in [1.29, 1.82) is 0 Å². The minimum absolute atomic E-state index is 0.253. The van der Waals surface area contributed by atoms with Crippen molar-refractivity contribution in [3.63, 3.8) is 0 Å². The van der Waals surface area contributed by atoms with E-state index in [1.54, 1.807) is 23.0 Å². The van der Waals surface area contributed by atoms with Crippen LogP contribution < -0.4 is 0 Å². The Morgan fingerprint density at radius 3 is 2.74 bits per heavy atom. The lowest BCUT2D eigenvalue weighted by atomic mass is 10.3. The highest BCUT2D eigenvalue weighted by atomic mass is 79.9. The van der Waals surface area contributed by atoms with Crippen LogP contribution in [0.4, 0.5) is 4.39 Å². The molecule has 6 heteroatoms. The minimum atomic E-state index is -0.619. The molecule has 0 bridgehead atoms. The number of hydrogen-bond acceptors (Lipinski definition) is 3. The number of rotatable bonds is 5.